The summed E-state index contributed by atoms with van der Waals surface area (Å²) in [7, 11) is 5.82. The van der Waals surface area contributed by atoms with Crippen molar-refractivity contribution in [1.29, 1.82) is 0 Å². The van der Waals surface area contributed by atoms with Gasteiger partial charge in [0, 0.05) is 31.8 Å². The van der Waals surface area contributed by atoms with E-state index in [1.807, 2.05) is 26.0 Å². The summed E-state index contributed by atoms with van der Waals surface area (Å²) in [5, 5.41) is 1.15. The summed E-state index contributed by atoms with van der Waals surface area (Å²) in [6, 6.07) is 6.12. The molecule has 0 aliphatic heterocycles. The number of likely N-dealkylation sites (N-methyl/N-ethyl adjacent to an activating group) is 1. The Balaban J connectivity index is 2.43. The van der Waals surface area contributed by atoms with Crippen molar-refractivity contribution in [2.24, 2.45) is 0 Å². The highest BCUT2D eigenvalue weighted by molar-refractivity contribution is 5.90. The van der Waals surface area contributed by atoms with Crippen molar-refractivity contribution in [3.8, 4) is 5.75 Å². The van der Waals surface area contributed by atoms with Gasteiger partial charge in [0.15, 0.2) is 6.29 Å². The first-order valence-corrected chi connectivity index (χ1v) is 8.09. The minimum Gasteiger partial charge on any atom is -0.465 e. The Morgan fingerprint density at radius 3 is 2.70 bits per heavy atom. The molecule has 0 N–H and O–H groups in total. The van der Waals surface area contributed by atoms with Crippen LogP contribution in [0.1, 0.15) is 19.4 Å². The Bertz CT molecular complexity index is 622. The lowest BCUT2D eigenvalue weighted by Crippen LogP contribution is -2.15. The van der Waals surface area contributed by atoms with Gasteiger partial charge in [0.2, 0.25) is 0 Å². The summed E-state index contributed by atoms with van der Waals surface area (Å²) in [6.45, 7) is 6.15. The molecule has 0 fully saturated rings. The highest BCUT2D eigenvalue weighted by atomic mass is 16.7. The summed E-state index contributed by atoms with van der Waals surface area (Å²) in [5.74, 6) is 0.862. The zero-order valence-electron chi connectivity index (χ0n) is 14.8. The van der Waals surface area contributed by atoms with E-state index < -0.39 is 0 Å². The minimum absolute atomic E-state index is 0.280. The molecule has 0 amide bonds. The molecule has 0 saturated heterocycles. The van der Waals surface area contributed by atoms with Gasteiger partial charge in [0.25, 0.3) is 0 Å². The number of hydrogen-bond acceptors (Lipinski definition) is 4. The highest BCUT2D eigenvalue weighted by Crippen LogP contribution is 2.32. The fourth-order valence-corrected chi connectivity index (χ4v) is 2.56. The lowest BCUT2D eigenvalue weighted by Gasteiger charge is -2.15. The Kier molecular flexibility index (Phi) is 6.45. The van der Waals surface area contributed by atoms with Crippen LogP contribution in [0.15, 0.2) is 24.4 Å². The molecule has 1 heterocycles. The molecular formula is C18H28N2O3. The quantitative estimate of drug-likeness (QED) is 0.665. The monoisotopic (exact) mass is 320 g/mol. The minimum atomic E-state index is -0.280. The van der Waals surface area contributed by atoms with Crippen LogP contribution in [-0.2, 0) is 22.6 Å². The van der Waals surface area contributed by atoms with E-state index in [0.717, 1.165) is 29.6 Å². The van der Waals surface area contributed by atoms with Gasteiger partial charge in [-0.15, -0.1) is 0 Å². The van der Waals surface area contributed by atoms with Crippen LogP contribution < -0.4 is 4.74 Å². The molecule has 5 heteroatoms. The molecule has 0 saturated carbocycles. The summed E-state index contributed by atoms with van der Waals surface area (Å²) in [5.41, 5.74) is 2.40. The number of hydrogen-bond donors (Lipinski definition) is 0. The van der Waals surface area contributed by atoms with Crippen LogP contribution >= 0.6 is 0 Å². The van der Waals surface area contributed by atoms with Crippen molar-refractivity contribution in [3.05, 3.63) is 30.0 Å². The molecule has 1 aromatic carbocycles. The zero-order chi connectivity index (χ0) is 16.8. The molecule has 0 aliphatic rings. The molecule has 0 bridgehead atoms. The maximum absolute atomic E-state index is 5.95. The SMILES string of the molecule is CCOCn1cc(CCN(C)C)c2c(OC(C)OC)cccc21. The molecule has 0 aliphatic carbocycles. The fraction of sp³-hybridized carbons (Fsp3) is 0.556. The Morgan fingerprint density at radius 2 is 2.04 bits per heavy atom. The Hall–Kier alpha value is -1.56. The number of benzene rings is 1. The molecule has 1 unspecified atom stereocenters. The van der Waals surface area contributed by atoms with Crippen LogP contribution in [0, 0.1) is 0 Å². The molecule has 0 radical (unpaired) electrons. The number of rotatable bonds is 9. The van der Waals surface area contributed by atoms with E-state index in [-0.39, 0.29) is 6.29 Å². The van der Waals surface area contributed by atoms with Gasteiger partial charge < -0.3 is 23.7 Å². The molecule has 0 spiro atoms. The van der Waals surface area contributed by atoms with Gasteiger partial charge in [-0.1, -0.05) is 6.07 Å². The second kappa shape index (κ2) is 8.34. The smallest absolute Gasteiger partial charge is 0.196 e. The van der Waals surface area contributed by atoms with Crippen molar-refractivity contribution in [2.45, 2.75) is 33.3 Å². The van der Waals surface area contributed by atoms with Crippen LogP contribution in [0.5, 0.6) is 5.75 Å². The predicted molar refractivity (Wildman–Crippen MR) is 92.9 cm³/mol. The molecule has 128 valence electrons. The van der Waals surface area contributed by atoms with Crippen molar-refractivity contribution >= 4 is 10.9 Å². The number of aromatic nitrogens is 1. The summed E-state index contributed by atoms with van der Waals surface area (Å²) in [4.78, 5) is 2.19. The summed E-state index contributed by atoms with van der Waals surface area (Å²) in [6.07, 6.45) is 2.86. The Morgan fingerprint density at radius 1 is 1.26 bits per heavy atom. The second-order valence-electron chi connectivity index (χ2n) is 5.87. The lowest BCUT2D eigenvalue weighted by molar-refractivity contribution is -0.0373. The van der Waals surface area contributed by atoms with Gasteiger partial charge in [-0.3, -0.25) is 0 Å². The average Bonchev–Trinajstić information content (AvgIpc) is 2.89. The standard InChI is InChI=1S/C18H28N2O3/c1-6-22-13-20-12-15(10-11-19(3)4)18-16(20)8-7-9-17(18)23-14(2)21-5/h7-9,12,14H,6,10-11,13H2,1-5H3. The molecule has 1 aromatic heterocycles. The third kappa shape index (κ3) is 4.47. The van der Waals surface area contributed by atoms with Crippen molar-refractivity contribution < 1.29 is 14.2 Å². The van der Waals surface area contributed by atoms with Gasteiger partial charge in [-0.05, 0) is 52.1 Å². The van der Waals surface area contributed by atoms with Gasteiger partial charge in [-0.2, -0.15) is 0 Å². The molecule has 23 heavy (non-hydrogen) atoms. The first-order valence-electron chi connectivity index (χ1n) is 8.09. The number of nitrogens with zero attached hydrogens (tertiary/aromatic N) is 2. The predicted octanol–water partition coefficient (Wildman–Crippen LogP) is 3.11. The molecule has 1 atom stereocenters. The first-order chi connectivity index (χ1) is 11.1. The topological polar surface area (TPSA) is 35.9 Å². The highest BCUT2D eigenvalue weighted by Gasteiger charge is 2.15. The van der Waals surface area contributed by atoms with Crippen LogP contribution in [0.25, 0.3) is 10.9 Å². The largest absolute Gasteiger partial charge is 0.465 e. The summed E-state index contributed by atoms with van der Waals surface area (Å²) >= 11 is 0. The van der Waals surface area contributed by atoms with E-state index in [0.29, 0.717) is 13.3 Å². The lowest BCUT2D eigenvalue weighted by atomic mass is 10.1. The van der Waals surface area contributed by atoms with E-state index in [2.05, 4.69) is 35.8 Å². The second-order valence-corrected chi connectivity index (χ2v) is 5.87. The van der Waals surface area contributed by atoms with Crippen LogP contribution in [0.2, 0.25) is 0 Å². The zero-order valence-corrected chi connectivity index (χ0v) is 14.8. The molecule has 5 nitrogen and oxygen atoms in total. The first kappa shape index (κ1) is 17.8. The maximum atomic E-state index is 5.95. The van der Waals surface area contributed by atoms with Crippen LogP contribution in [0.3, 0.4) is 0 Å². The van der Waals surface area contributed by atoms with Gasteiger partial charge in [-0.25, -0.2) is 0 Å². The fourth-order valence-electron chi connectivity index (χ4n) is 2.56. The normalized spacial score (nSPS) is 13.0. The van der Waals surface area contributed by atoms with E-state index in [4.69, 9.17) is 14.2 Å². The molecule has 2 aromatic rings. The van der Waals surface area contributed by atoms with Gasteiger partial charge >= 0.3 is 0 Å². The molecular weight excluding hydrogens is 292 g/mol. The van der Waals surface area contributed by atoms with Crippen molar-refractivity contribution in [1.82, 2.24) is 9.47 Å². The van der Waals surface area contributed by atoms with E-state index in [1.54, 1.807) is 7.11 Å². The maximum Gasteiger partial charge on any atom is 0.196 e. The third-order valence-electron chi connectivity index (χ3n) is 3.83. The van der Waals surface area contributed by atoms with Gasteiger partial charge in [0.05, 0.1) is 5.52 Å². The van der Waals surface area contributed by atoms with Gasteiger partial charge in [0.1, 0.15) is 12.5 Å². The average molecular weight is 320 g/mol. The van der Waals surface area contributed by atoms with E-state index in [9.17, 15) is 0 Å². The number of methoxy groups -OCH3 is 1. The molecule has 2 rings (SSSR count). The van der Waals surface area contributed by atoms with E-state index >= 15 is 0 Å². The number of fused-ring (bicyclic) bond motifs is 1. The Labute approximate surface area is 138 Å². The third-order valence-corrected chi connectivity index (χ3v) is 3.83. The van der Waals surface area contributed by atoms with Crippen LogP contribution in [0.4, 0.5) is 0 Å². The van der Waals surface area contributed by atoms with Crippen molar-refractivity contribution in [3.63, 3.8) is 0 Å². The summed E-state index contributed by atoms with van der Waals surface area (Å²) < 4.78 is 18.9. The van der Waals surface area contributed by atoms with Crippen molar-refractivity contribution in [2.75, 3.05) is 34.4 Å². The van der Waals surface area contributed by atoms with E-state index in [1.165, 1.54) is 5.56 Å². The van der Waals surface area contributed by atoms with Crippen LogP contribution in [-0.4, -0.2) is 50.1 Å². The number of ether oxygens (including phenoxy) is 3.